The topological polar surface area (TPSA) is 35.5 Å². The molecule has 0 N–H and O–H groups in total. The largest absolute Gasteiger partial charge is 0.450 e. The lowest BCUT2D eigenvalue weighted by atomic mass is 10.1. The van der Waals surface area contributed by atoms with Gasteiger partial charge in [0.2, 0.25) is 0 Å². The highest BCUT2D eigenvalue weighted by Gasteiger charge is 2.20. The number of carbonyl (C=O) groups excluding carboxylic acids is 1. The molecule has 2 aromatic rings. The number of halogens is 1. The first-order valence-corrected chi connectivity index (χ1v) is 7.46. The Labute approximate surface area is 128 Å². The highest BCUT2D eigenvalue weighted by Crippen LogP contribution is 2.45. The second-order valence-corrected chi connectivity index (χ2v) is 5.24. The number of hydrogen-bond donors (Lipinski definition) is 0. The van der Waals surface area contributed by atoms with Crippen LogP contribution in [-0.2, 0) is 6.42 Å². The molecule has 21 heavy (non-hydrogen) atoms. The first-order chi connectivity index (χ1) is 10.2. The number of ether oxygens (including phenoxy) is 2. The van der Waals surface area contributed by atoms with Crippen molar-refractivity contribution >= 4 is 17.4 Å². The molecule has 0 saturated heterocycles. The number of aryl methyl sites for hydroxylation is 1. The quantitative estimate of drug-likeness (QED) is 0.505. The molecule has 3 nitrogen and oxygen atoms in total. The van der Waals surface area contributed by atoms with Gasteiger partial charge in [0.25, 0.3) is 0 Å². The lowest BCUT2D eigenvalue weighted by Gasteiger charge is -2.21. The summed E-state index contributed by atoms with van der Waals surface area (Å²) < 4.78 is 11.7. The van der Waals surface area contributed by atoms with E-state index in [1.165, 1.54) is 0 Å². The van der Waals surface area contributed by atoms with Crippen LogP contribution in [0, 0.1) is 0 Å². The summed E-state index contributed by atoms with van der Waals surface area (Å²) in [4.78, 5) is 11.8. The molecule has 4 heteroatoms. The molecule has 2 aromatic carbocycles. The van der Waals surface area contributed by atoms with Crippen LogP contribution in [0.25, 0.3) is 0 Å². The fourth-order valence-electron chi connectivity index (χ4n) is 2.27. The molecule has 0 saturated carbocycles. The molecule has 0 fully saturated rings. The standard InChI is InChI=1S/C17H15ClO3/c1-2-13(19)12-4-6-15-17(10-12)21-14-5-3-11(7-8-18)9-16(14)20-15/h3-6,9-10H,2,7-8H2,1H3. The Bertz CT molecular complexity index is 694. The van der Waals surface area contributed by atoms with Crippen LogP contribution in [0.4, 0.5) is 0 Å². The number of carbonyl (C=O) groups is 1. The zero-order valence-electron chi connectivity index (χ0n) is 11.7. The maximum absolute atomic E-state index is 11.8. The molecule has 0 radical (unpaired) electrons. The smallest absolute Gasteiger partial charge is 0.170 e. The van der Waals surface area contributed by atoms with Crippen molar-refractivity contribution in [1.82, 2.24) is 0 Å². The van der Waals surface area contributed by atoms with Crippen LogP contribution in [0.1, 0.15) is 29.3 Å². The molecular formula is C17H15ClO3. The van der Waals surface area contributed by atoms with Crippen LogP contribution >= 0.6 is 11.6 Å². The number of hydrogen-bond acceptors (Lipinski definition) is 3. The summed E-state index contributed by atoms with van der Waals surface area (Å²) >= 11 is 5.76. The van der Waals surface area contributed by atoms with Gasteiger partial charge in [0.05, 0.1) is 0 Å². The Morgan fingerprint density at radius 3 is 2.33 bits per heavy atom. The van der Waals surface area contributed by atoms with Crippen molar-refractivity contribution in [2.75, 3.05) is 5.88 Å². The maximum Gasteiger partial charge on any atom is 0.170 e. The minimum Gasteiger partial charge on any atom is -0.450 e. The molecular weight excluding hydrogens is 288 g/mol. The molecule has 1 aliphatic heterocycles. The second-order valence-electron chi connectivity index (χ2n) is 4.86. The molecule has 0 spiro atoms. The fourth-order valence-corrected chi connectivity index (χ4v) is 2.49. The summed E-state index contributed by atoms with van der Waals surface area (Å²) in [5, 5.41) is 0. The molecule has 0 unspecified atom stereocenters. The van der Waals surface area contributed by atoms with Crippen molar-refractivity contribution < 1.29 is 14.3 Å². The van der Waals surface area contributed by atoms with Gasteiger partial charge in [-0.1, -0.05) is 13.0 Å². The van der Waals surface area contributed by atoms with E-state index in [-0.39, 0.29) is 5.78 Å². The summed E-state index contributed by atoms with van der Waals surface area (Å²) in [6.07, 6.45) is 1.26. The van der Waals surface area contributed by atoms with Gasteiger partial charge in [0, 0.05) is 17.9 Å². The van der Waals surface area contributed by atoms with Gasteiger partial charge in [-0.25, -0.2) is 0 Å². The van der Waals surface area contributed by atoms with Crippen LogP contribution in [0.2, 0.25) is 0 Å². The van der Waals surface area contributed by atoms with Gasteiger partial charge in [-0.15, -0.1) is 11.6 Å². The van der Waals surface area contributed by atoms with Gasteiger partial charge in [0.1, 0.15) is 0 Å². The Kier molecular flexibility index (Phi) is 3.84. The molecule has 0 aromatic heterocycles. The zero-order chi connectivity index (χ0) is 14.8. The number of fused-ring (bicyclic) bond motifs is 2. The predicted octanol–water partition coefficient (Wildman–Crippen LogP) is 4.96. The SMILES string of the molecule is CCC(=O)c1ccc2c(c1)Oc1ccc(CCCl)cc1O2. The highest BCUT2D eigenvalue weighted by atomic mass is 35.5. The lowest BCUT2D eigenvalue weighted by Crippen LogP contribution is -2.03. The zero-order valence-corrected chi connectivity index (χ0v) is 12.4. The van der Waals surface area contributed by atoms with E-state index in [0.29, 0.717) is 40.9 Å². The van der Waals surface area contributed by atoms with E-state index in [1.54, 1.807) is 18.2 Å². The van der Waals surface area contributed by atoms with Crippen molar-refractivity contribution in [3.05, 3.63) is 47.5 Å². The summed E-state index contributed by atoms with van der Waals surface area (Å²) in [7, 11) is 0. The number of rotatable bonds is 4. The molecule has 108 valence electrons. The van der Waals surface area contributed by atoms with E-state index in [1.807, 2.05) is 25.1 Å². The van der Waals surface area contributed by atoms with Gasteiger partial charge in [-0.3, -0.25) is 4.79 Å². The number of ketones is 1. The predicted molar refractivity (Wildman–Crippen MR) is 82.1 cm³/mol. The monoisotopic (exact) mass is 302 g/mol. The van der Waals surface area contributed by atoms with E-state index in [0.717, 1.165) is 12.0 Å². The molecule has 0 bridgehead atoms. The van der Waals surface area contributed by atoms with Crippen molar-refractivity contribution in [3.63, 3.8) is 0 Å². The normalized spacial score (nSPS) is 11.9. The summed E-state index contributed by atoms with van der Waals surface area (Å²) in [6.45, 7) is 1.84. The van der Waals surface area contributed by atoms with Crippen LogP contribution in [0.15, 0.2) is 36.4 Å². The number of benzene rings is 2. The summed E-state index contributed by atoms with van der Waals surface area (Å²) in [6, 6.07) is 11.0. The van der Waals surface area contributed by atoms with E-state index in [4.69, 9.17) is 21.1 Å². The van der Waals surface area contributed by atoms with Gasteiger partial charge in [0.15, 0.2) is 28.8 Å². The molecule has 1 heterocycles. The van der Waals surface area contributed by atoms with Crippen molar-refractivity contribution in [3.8, 4) is 23.0 Å². The highest BCUT2D eigenvalue weighted by molar-refractivity contribution is 6.18. The van der Waals surface area contributed by atoms with Crippen molar-refractivity contribution in [2.24, 2.45) is 0 Å². The average Bonchev–Trinajstić information content (AvgIpc) is 2.52. The third kappa shape index (κ3) is 2.74. The minimum absolute atomic E-state index is 0.0876. The summed E-state index contributed by atoms with van der Waals surface area (Å²) in [5.41, 5.74) is 1.75. The number of alkyl halides is 1. The first kappa shape index (κ1) is 14.0. The number of Topliss-reactive ketones (excluding diaryl/α,β-unsaturated/α-hetero) is 1. The fraction of sp³-hybridized carbons (Fsp3) is 0.235. The Morgan fingerprint density at radius 2 is 1.67 bits per heavy atom. The van der Waals surface area contributed by atoms with Gasteiger partial charge < -0.3 is 9.47 Å². The lowest BCUT2D eigenvalue weighted by molar-refractivity contribution is 0.0988. The molecule has 0 amide bonds. The maximum atomic E-state index is 11.8. The van der Waals surface area contributed by atoms with Crippen molar-refractivity contribution in [2.45, 2.75) is 19.8 Å². The van der Waals surface area contributed by atoms with Gasteiger partial charge >= 0.3 is 0 Å². The molecule has 3 rings (SSSR count). The average molecular weight is 303 g/mol. The third-order valence-electron chi connectivity index (χ3n) is 3.42. The summed E-state index contributed by atoms with van der Waals surface area (Å²) in [5.74, 6) is 3.19. The minimum atomic E-state index is 0.0876. The molecule has 0 aliphatic carbocycles. The van der Waals surface area contributed by atoms with Crippen LogP contribution in [0.3, 0.4) is 0 Å². The van der Waals surface area contributed by atoms with Gasteiger partial charge in [-0.2, -0.15) is 0 Å². The van der Waals surface area contributed by atoms with E-state index in [9.17, 15) is 4.79 Å². The van der Waals surface area contributed by atoms with E-state index >= 15 is 0 Å². The first-order valence-electron chi connectivity index (χ1n) is 6.93. The second kappa shape index (κ2) is 5.78. The van der Waals surface area contributed by atoms with E-state index < -0.39 is 0 Å². The van der Waals surface area contributed by atoms with E-state index in [2.05, 4.69) is 0 Å². The van der Waals surface area contributed by atoms with Crippen molar-refractivity contribution in [1.29, 1.82) is 0 Å². The molecule has 0 atom stereocenters. The Hall–Kier alpha value is -2.00. The Balaban J connectivity index is 1.92. The molecule has 1 aliphatic rings. The Morgan fingerprint density at radius 1 is 1.00 bits per heavy atom. The third-order valence-corrected chi connectivity index (χ3v) is 3.61. The van der Waals surface area contributed by atoms with Crippen LogP contribution in [-0.4, -0.2) is 11.7 Å². The van der Waals surface area contributed by atoms with Gasteiger partial charge in [-0.05, 0) is 42.3 Å². The van der Waals surface area contributed by atoms with Crippen LogP contribution in [0.5, 0.6) is 23.0 Å². The van der Waals surface area contributed by atoms with Crippen LogP contribution < -0.4 is 9.47 Å².